The highest BCUT2D eigenvalue weighted by atomic mass is 19.1. The number of rotatable bonds is 5. The molecule has 1 fully saturated rings. The van der Waals surface area contributed by atoms with Crippen molar-refractivity contribution in [2.75, 3.05) is 5.32 Å². The summed E-state index contributed by atoms with van der Waals surface area (Å²) in [6.45, 7) is 4.47. The molecule has 0 radical (unpaired) electrons. The molecule has 0 bridgehead atoms. The van der Waals surface area contributed by atoms with Gasteiger partial charge in [-0.2, -0.15) is 0 Å². The number of halogens is 1. The van der Waals surface area contributed by atoms with Crippen molar-refractivity contribution in [3.05, 3.63) is 65.0 Å². The van der Waals surface area contributed by atoms with E-state index < -0.39 is 0 Å². The van der Waals surface area contributed by atoms with Crippen LogP contribution in [0.25, 0.3) is 0 Å². The van der Waals surface area contributed by atoms with E-state index in [-0.39, 0.29) is 29.5 Å². The van der Waals surface area contributed by atoms with Gasteiger partial charge in [0.05, 0.1) is 0 Å². The minimum atomic E-state index is -0.285. The van der Waals surface area contributed by atoms with Gasteiger partial charge in [-0.1, -0.05) is 18.2 Å². The second-order valence-corrected chi connectivity index (χ2v) is 7.68. The quantitative estimate of drug-likeness (QED) is 0.800. The largest absolute Gasteiger partial charge is 0.352 e. The number of carbonyl (C=O) groups excluding carboxylic acids is 2. The van der Waals surface area contributed by atoms with E-state index in [1.165, 1.54) is 17.7 Å². The number of aryl methyl sites for hydroxylation is 2. The molecule has 148 valence electrons. The summed E-state index contributed by atoms with van der Waals surface area (Å²) in [5.74, 6) is -0.355. The smallest absolute Gasteiger partial charge is 0.227 e. The zero-order chi connectivity index (χ0) is 20.1. The van der Waals surface area contributed by atoms with Gasteiger partial charge in [-0.05, 0) is 80.5 Å². The minimum absolute atomic E-state index is 0.0114. The van der Waals surface area contributed by atoms with E-state index in [0.29, 0.717) is 32.2 Å². The predicted molar refractivity (Wildman–Crippen MR) is 108 cm³/mol. The Morgan fingerprint density at radius 3 is 2.11 bits per heavy atom. The fourth-order valence-corrected chi connectivity index (χ4v) is 3.62. The van der Waals surface area contributed by atoms with E-state index in [1.807, 2.05) is 32.0 Å². The van der Waals surface area contributed by atoms with Gasteiger partial charge in [0.25, 0.3) is 0 Å². The Morgan fingerprint density at radius 2 is 1.50 bits per heavy atom. The van der Waals surface area contributed by atoms with Crippen LogP contribution in [-0.4, -0.2) is 11.8 Å². The maximum atomic E-state index is 12.9. The van der Waals surface area contributed by atoms with E-state index in [2.05, 4.69) is 10.6 Å². The lowest BCUT2D eigenvalue weighted by Crippen LogP contribution is -2.35. The first-order chi connectivity index (χ1) is 13.4. The predicted octanol–water partition coefficient (Wildman–Crippen LogP) is 4.50. The van der Waals surface area contributed by atoms with Crippen molar-refractivity contribution in [3.8, 4) is 0 Å². The van der Waals surface area contributed by atoms with Crippen LogP contribution in [0.15, 0.2) is 42.5 Å². The van der Waals surface area contributed by atoms with Crippen molar-refractivity contribution in [1.82, 2.24) is 5.32 Å². The molecular weight excluding hydrogens is 355 g/mol. The van der Waals surface area contributed by atoms with Crippen LogP contribution in [0, 0.1) is 31.5 Å². The molecule has 28 heavy (non-hydrogen) atoms. The monoisotopic (exact) mass is 382 g/mol. The van der Waals surface area contributed by atoms with Crippen LogP contribution >= 0.6 is 0 Å². The molecule has 2 N–H and O–H groups in total. The van der Waals surface area contributed by atoms with Crippen molar-refractivity contribution in [2.24, 2.45) is 11.8 Å². The first kappa shape index (κ1) is 20.1. The second kappa shape index (κ2) is 9.00. The van der Waals surface area contributed by atoms with Gasteiger partial charge in [0.1, 0.15) is 5.82 Å². The second-order valence-electron chi connectivity index (χ2n) is 7.68. The van der Waals surface area contributed by atoms with Crippen LogP contribution in [0.1, 0.15) is 42.4 Å². The molecule has 3 rings (SSSR count). The third-order valence-corrected chi connectivity index (χ3v) is 5.62. The highest BCUT2D eigenvalue weighted by molar-refractivity contribution is 5.93. The molecule has 1 saturated carbocycles. The van der Waals surface area contributed by atoms with Gasteiger partial charge >= 0.3 is 0 Å². The number of carbonyl (C=O) groups is 2. The van der Waals surface area contributed by atoms with Crippen LogP contribution in [0.4, 0.5) is 10.1 Å². The topological polar surface area (TPSA) is 58.2 Å². The van der Waals surface area contributed by atoms with Crippen LogP contribution in [-0.2, 0) is 16.1 Å². The Labute approximate surface area is 165 Å². The van der Waals surface area contributed by atoms with E-state index in [9.17, 15) is 14.0 Å². The Kier molecular flexibility index (Phi) is 6.45. The molecule has 1 aliphatic rings. The number of nitrogens with one attached hydrogen (secondary N) is 2. The van der Waals surface area contributed by atoms with Gasteiger partial charge in [0.15, 0.2) is 0 Å². The van der Waals surface area contributed by atoms with Gasteiger partial charge < -0.3 is 10.6 Å². The van der Waals surface area contributed by atoms with Crippen LogP contribution in [0.3, 0.4) is 0 Å². The molecule has 0 unspecified atom stereocenters. The molecule has 0 heterocycles. The number of anilines is 1. The molecule has 0 atom stereocenters. The minimum Gasteiger partial charge on any atom is -0.352 e. The van der Waals surface area contributed by atoms with Crippen LogP contribution < -0.4 is 10.6 Å². The molecule has 0 spiro atoms. The van der Waals surface area contributed by atoms with Gasteiger partial charge in [-0.25, -0.2) is 4.39 Å². The van der Waals surface area contributed by atoms with Crippen molar-refractivity contribution in [3.63, 3.8) is 0 Å². The van der Waals surface area contributed by atoms with E-state index in [0.717, 1.165) is 16.8 Å². The summed E-state index contributed by atoms with van der Waals surface area (Å²) < 4.78 is 12.9. The fraction of sp³-hybridized carbons (Fsp3) is 0.391. The molecule has 2 amide bonds. The Hall–Kier alpha value is -2.69. The van der Waals surface area contributed by atoms with Crippen molar-refractivity contribution < 1.29 is 14.0 Å². The number of hydrogen-bond acceptors (Lipinski definition) is 2. The molecule has 4 nitrogen and oxygen atoms in total. The summed E-state index contributed by atoms with van der Waals surface area (Å²) >= 11 is 0. The molecule has 0 aliphatic heterocycles. The molecular formula is C23H27FN2O2. The third kappa shape index (κ3) is 5.18. The van der Waals surface area contributed by atoms with Crippen LogP contribution in [0.5, 0.6) is 0 Å². The van der Waals surface area contributed by atoms with Gasteiger partial charge in [-0.3, -0.25) is 9.59 Å². The first-order valence-corrected chi connectivity index (χ1v) is 9.82. The van der Waals surface area contributed by atoms with Gasteiger partial charge in [0, 0.05) is 24.1 Å². The highest BCUT2D eigenvalue weighted by Gasteiger charge is 2.29. The van der Waals surface area contributed by atoms with Gasteiger partial charge in [0.2, 0.25) is 11.8 Å². The molecule has 5 heteroatoms. The SMILES string of the molecule is Cc1ccc(NC(=O)C2CCC(C(=O)NCc3ccc(F)cc3)CC2)cc1C. The van der Waals surface area contributed by atoms with Crippen LogP contribution in [0.2, 0.25) is 0 Å². The molecule has 2 aromatic rings. The van der Waals surface area contributed by atoms with E-state index in [4.69, 9.17) is 0 Å². The van der Waals surface area contributed by atoms with Gasteiger partial charge in [-0.15, -0.1) is 0 Å². The maximum absolute atomic E-state index is 12.9. The van der Waals surface area contributed by atoms with Crippen molar-refractivity contribution in [2.45, 2.75) is 46.1 Å². The Morgan fingerprint density at radius 1 is 0.893 bits per heavy atom. The maximum Gasteiger partial charge on any atom is 0.227 e. The summed E-state index contributed by atoms with van der Waals surface area (Å²) in [6.07, 6.45) is 2.84. The van der Waals surface area contributed by atoms with Crippen molar-refractivity contribution >= 4 is 17.5 Å². The summed E-state index contributed by atoms with van der Waals surface area (Å²) in [7, 11) is 0. The standard InChI is InChI=1S/C23H27FN2O2/c1-15-3-12-21(13-16(15)2)26-23(28)19-8-6-18(7-9-19)22(27)25-14-17-4-10-20(24)11-5-17/h3-5,10-13,18-19H,6-9,14H2,1-2H3,(H,25,27)(H,26,28). The van der Waals surface area contributed by atoms with E-state index >= 15 is 0 Å². The molecule has 0 saturated heterocycles. The number of hydrogen-bond donors (Lipinski definition) is 2. The lowest BCUT2D eigenvalue weighted by molar-refractivity contribution is -0.128. The Bertz CT molecular complexity index is 840. The van der Waals surface area contributed by atoms with Crippen molar-refractivity contribution in [1.29, 1.82) is 0 Å². The normalized spacial score (nSPS) is 19.1. The molecule has 1 aliphatic carbocycles. The average molecular weight is 382 g/mol. The first-order valence-electron chi connectivity index (χ1n) is 9.82. The average Bonchev–Trinajstić information content (AvgIpc) is 2.70. The Balaban J connectivity index is 1.45. The summed E-state index contributed by atoms with van der Waals surface area (Å²) in [6, 6.07) is 12.0. The lowest BCUT2D eigenvalue weighted by atomic mass is 9.81. The summed E-state index contributed by atoms with van der Waals surface area (Å²) in [5, 5.41) is 5.93. The zero-order valence-electron chi connectivity index (χ0n) is 16.4. The highest BCUT2D eigenvalue weighted by Crippen LogP contribution is 2.30. The van der Waals surface area contributed by atoms with E-state index in [1.54, 1.807) is 12.1 Å². The fourth-order valence-electron chi connectivity index (χ4n) is 3.62. The molecule has 0 aromatic heterocycles. The zero-order valence-corrected chi connectivity index (χ0v) is 16.4. The number of amides is 2. The third-order valence-electron chi connectivity index (χ3n) is 5.62. The lowest BCUT2D eigenvalue weighted by Gasteiger charge is -2.27. The number of benzene rings is 2. The summed E-state index contributed by atoms with van der Waals surface area (Å²) in [5.41, 5.74) is 4.05. The summed E-state index contributed by atoms with van der Waals surface area (Å²) in [4.78, 5) is 24.9. The molecule has 2 aromatic carbocycles.